The van der Waals surface area contributed by atoms with Crippen LogP contribution in [-0.2, 0) is 11.3 Å². The summed E-state index contributed by atoms with van der Waals surface area (Å²) in [4.78, 5) is 11.8. The second-order valence-electron chi connectivity index (χ2n) is 5.22. The molecule has 0 aliphatic rings. The van der Waals surface area contributed by atoms with Gasteiger partial charge in [0.15, 0.2) is 12.4 Å². The van der Waals surface area contributed by atoms with Gasteiger partial charge in [-0.2, -0.15) is 0 Å². The molecule has 0 fully saturated rings. The summed E-state index contributed by atoms with van der Waals surface area (Å²) >= 11 is 1.45. The maximum Gasteiger partial charge on any atom is 0.226 e. The zero-order valence-electron chi connectivity index (χ0n) is 12.5. The van der Waals surface area contributed by atoms with Crippen LogP contribution in [0.4, 0.5) is 5.13 Å². The lowest BCUT2D eigenvalue weighted by Crippen LogP contribution is -2.32. The Morgan fingerprint density at radius 1 is 1.24 bits per heavy atom. The van der Waals surface area contributed by atoms with Gasteiger partial charge >= 0.3 is 0 Å². The maximum atomic E-state index is 11.8. The first-order chi connectivity index (χ1) is 10.1. The molecule has 0 aromatic carbocycles. The van der Waals surface area contributed by atoms with Crippen LogP contribution in [0.15, 0.2) is 30.6 Å². The van der Waals surface area contributed by atoms with Gasteiger partial charge in [0.05, 0.1) is 0 Å². The minimum atomic E-state index is 0.0134. The van der Waals surface area contributed by atoms with E-state index < -0.39 is 0 Å². The summed E-state index contributed by atoms with van der Waals surface area (Å²) in [6.45, 7) is 5.06. The number of nitrogens with one attached hydrogen (secondary N) is 1. The molecule has 2 rings (SSSR count). The van der Waals surface area contributed by atoms with Crippen molar-refractivity contribution in [1.29, 1.82) is 0 Å². The van der Waals surface area contributed by atoms with E-state index in [9.17, 15) is 4.79 Å². The molecule has 0 unspecified atom stereocenters. The monoisotopic (exact) mass is 305 g/mol. The van der Waals surface area contributed by atoms with Gasteiger partial charge in [-0.1, -0.05) is 31.3 Å². The van der Waals surface area contributed by atoms with Gasteiger partial charge in [0.25, 0.3) is 0 Å². The molecule has 0 saturated carbocycles. The van der Waals surface area contributed by atoms with Crippen LogP contribution in [0.3, 0.4) is 0 Å². The van der Waals surface area contributed by atoms with Gasteiger partial charge in [-0.25, -0.2) is 4.57 Å². The lowest BCUT2D eigenvalue weighted by molar-refractivity contribution is -0.697. The molecule has 1 amide bonds. The van der Waals surface area contributed by atoms with Gasteiger partial charge in [0.2, 0.25) is 11.0 Å². The SMILES string of the molecule is CC(C)c1nnc(NC(=O)CCCC[n+]2ccccc2)s1. The second kappa shape index (κ2) is 7.83. The van der Waals surface area contributed by atoms with Crippen molar-refractivity contribution in [3.05, 3.63) is 35.6 Å². The van der Waals surface area contributed by atoms with Crippen molar-refractivity contribution in [3.8, 4) is 0 Å². The van der Waals surface area contributed by atoms with E-state index in [1.165, 1.54) is 11.3 Å². The minimum Gasteiger partial charge on any atom is -0.301 e. The summed E-state index contributed by atoms with van der Waals surface area (Å²) < 4.78 is 2.12. The second-order valence-corrected chi connectivity index (χ2v) is 6.23. The molecule has 2 heterocycles. The van der Waals surface area contributed by atoms with E-state index >= 15 is 0 Å². The van der Waals surface area contributed by atoms with Crippen molar-refractivity contribution in [2.45, 2.75) is 45.6 Å². The lowest BCUT2D eigenvalue weighted by Gasteiger charge is -2.00. The molecule has 0 atom stereocenters. The van der Waals surface area contributed by atoms with Crippen LogP contribution < -0.4 is 9.88 Å². The molecule has 0 radical (unpaired) electrons. The van der Waals surface area contributed by atoms with Gasteiger partial charge < -0.3 is 5.32 Å². The molecular formula is C15H21N4OS+. The number of aromatic nitrogens is 3. The molecule has 0 aliphatic carbocycles. The molecular weight excluding hydrogens is 284 g/mol. The Labute approximate surface area is 129 Å². The van der Waals surface area contributed by atoms with Gasteiger partial charge in [-0.15, -0.1) is 10.2 Å². The van der Waals surface area contributed by atoms with Crippen LogP contribution in [0.25, 0.3) is 0 Å². The summed E-state index contributed by atoms with van der Waals surface area (Å²) in [5.41, 5.74) is 0. The molecule has 2 aromatic heterocycles. The number of hydrogen-bond donors (Lipinski definition) is 1. The summed E-state index contributed by atoms with van der Waals surface area (Å²) in [5, 5.41) is 12.4. The number of hydrogen-bond acceptors (Lipinski definition) is 4. The molecule has 0 spiro atoms. The highest BCUT2D eigenvalue weighted by Crippen LogP contribution is 2.22. The quantitative estimate of drug-likeness (QED) is 0.632. The van der Waals surface area contributed by atoms with Crippen molar-refractivity contribution in [3.63, 3.8) is 0 Å². The minimum absolute atomic E-state index is 0.0134. The van der Waals surface area contributed by atoms with E-state index in [0.29, 0.717) is 17.5 Å². The van der Waals surface area contributed by atoms with Crippen LogP contribution in [0, 0.1) is 0 Å². The van der Waals surface area contributed by atoms with Gasteiger partial charge in [0.1, 0.15) is 11.6 Å². The molecule has 0 aliphatic heterocycles. The molecule has 5 nitrogen and oxygen atoms in total. The Hall–Kier alpha value is -1.82. The Balaban J connectivity index is 1.67. The van der Waals surface area contributed by atoms with Gasteiger partial charge in [-0.3, -0.25) is 4.79 Å². The van der Waals surface area contributed by atoms with Crippen LogP contribution in [-0.4, -0.2) is 16.1 Å². The first kappa shape index (κ1) is 15.6. The molecule has 0 saturated heterocycles. The van der Waals surface area contributed by atoms with E-state index in [4.69, 9.17) is 0 Å². The Morgan fingerprint density at radius 3 is 2.67 bits per heavy atom. The van der Waals surface area contributed by atoms with Crippen molar-refractivity contribution < 1.29 is 9.36 Å². The number of anilines is 1. The highest BCUT2D eigenvalue weighted by Gasteiger charge is 2.10. The van der Waals surface area contributed by atoms with Gasteiger partial charge in [0, 0.05) is 30.9 Å². The lowest BCUT2D eigenvalue weighted by atomic mass is 10.2. The number of aryl methyl sites for hydroxylation is 1. The summed E-state index contributed by atoms with van der Waals surface area (Å²) in [6.07, 6.45) is 6.44. The van der Waals surface area contributed by atoms with Crippen LogP contribution in [0.2, 0.25) is 0 Å². The summed E-state index contributed by atoms with van der Waals surface area (Å²) in [5.74, 6) is 0.357. The van der Waals surface area contributed by atoms with E-state index in [1.807, 2.05) is 30.6 Å². The fraction of sp³-hybridized carbons (Fsp3) is 0.467. The largest absolute Gasteiger partial charge is 0.301 e. The summed E-state index contributed by atoms with van der Waals surface area (Å²) in [7, 11) is 0. The fourth-order valence-corrected chi connectivity index (χ4v) is 2.63. The Morgan fingerprint density at radius 2 is 2.00 bits per heavy atom. The highest BCUT2D eigenvalue weighted by atomic mass is 32.1. The topological polar surface area (TPSA) is 58.8 Å². The third-order valence-electron chi connectivity index (χ3n) is 3.03. The molecule has 2 aromatic rings. The van der Waals surface area contributed by atoms with E-state index in [-0.39, 0.29) is 5.91 Å². The zero-order chi connectivity index (χ0) is 15.1. The van der Waals surface area contributed by atoms with Crippen LogP contribution in [0.1, 0.15) is 44.0 Å². The number of amides is 1. The first-order valence-corrected chi connectivity index (χ1v) is 8.04. The standard InChI is InChI=1S/C15H20N4OS/c1-12(2)14-17-18-15(21-14)16-13(20)8-4-7-11-19-9-5-3-6-10-19/h3,5-6,9-10,12H,4,7-8,11H2,1-2H3/p+1. The third kappa shape index (κ3) is 5.23. The molecule has 112 valence electrons. The van der Waals surface area contributed by atoms with Crippen molar-refractivity contribution in [2.75, 3.05) is 5.32 Å². The zero-order valence-corrected chi connectivity index (χ0v) is 13.3. The predicted molar refractivity (Wildman–Crippen MR) is 83.1 cm³/mol. The number of rotatable bonds is 7. The predicted octanol–water partition coefficient (Wildman–Crippen LogP) is 2.76. The van der Waals surface area contributed by atoms with Crippen molar-refractivity contribution >= 4 is 22.4 Å². The number of unbranched alkanes of at least 4 members (excludes halogenated alkanes) is 1. The average molecular weight is 305 g/mol. The average Bonchev–Trinajstić information content (AvgIpc) is 2.93. The molecule has 21 heavy (non-hydrogen) atoms. The number of carbonyl (C=O) groups is 1. The number of pyridine rings is 1. The van der Waals surface area contributed by atoms with Crippen LogP contribution in [0.5, 0.6) is 0 Å². The van der Waals surface area contributed by atoms with Crippen molar-refractivity contribution in [1.82, 2.24) is 10.2 Å². The smallest absolute Gasteiger partial charge is 0.226 e. The first-order valence-electron chi connectivity index (χ1n) is 7.22. The number of nitrogens with zero attached hydrogens (tertiary/aromatic N) is 3. The molecule has 6 heteroatoms. The molecule has 1 N–H and O–H groups in total. The third-order valence-corrected chi connectivity index (χ3v) is 4.17. The van der Waals surface area contributed by atoms with Crippen LogP contribution >= 0.6 is 11.3 Å². The highest BCUT2D eigenvalue weighted by molar-refractivity contribution is 7.15. The van der Waals surface area contributed by atoms with Gasteiger partial charge in [-0.05, 0) is 6.42 Å². The fourth-order valence-electron chi connectivity index (χ4n) is 1.86. The van der Waals surface area contributed by atoms with Crippen molar-refractivity contribution in [2.24, 2.45) is 0 Å². The summed E-state index contributed by atoms with van der Waals surface area (Å²) in [6, 6.07) is 6.01. The molecule has 0 bridgehead atoms. The Kier molecular flexibility index (Phi) is 5.80. The van der Waals surface area contributed by atoms with E-state index in [2.05, 4.69) is 33.9 Å². The van der Waals surface area contributed by atoms with E-state index in [1.54, 1.807) is 0 Å². The Bertz CT molecular complexity index is 568. The normalized spacial score (nSPS) is 10.8. The number of carbonyl (C=O) groups excluding carboxylic acids is 1. The van der Waals surface area contributed by atoms with E-state index in [0.717, 1.165) is 24.4 Å². The maximum absolute atomic E-state index is 11.8.